The second-order valence-electron chi connectivity index (χ2n) is 5.61. The lowest BCUT2D eigenvalue weighted by molar-refractivity contribution is -0.132. The first-order chi connectivity index (χ1) is 12.1. The molecule has 7 nitrogen and oxygen atoms in total. The molecule has 2 rings (SSSR count). The van der Waals surface area contributed by atoms with Crippen molar-refractivity contribution < 1.29 is 33.6 Å². The highest BCUT2D eigenvalue weighted by Gasteiger charge is 2.26. The predicted octanol–water partition coefficient (Wildman–Crippen LogP) is 2.82. The zero-order chi connectivity index (χ0) is 18.2. The second-order valence-corrected chi connectivity index (χ2v) is 5.61. The summed E-state index contributed by atoms with van der Waals surface area (Å²) in [6.45, 7) is 0.443. The van der Waals surface area contributed by atoms with E-state index in [0.717, 1.165) is 17.6 Å². The third kappa shape index (κ3) is 4.72. The Hall–Kier alpha value is -2.09. The van der Waals surface area contributed by atoms with Crippen molar-refractivity contribution in [2.24, 2.45) is 0 Å². The number of carboxylic acid groups (broad SMARTS) is 1. The summed E-state index contributed by atoms with van der Waals surface area (Å²) in [5.74, 6) is 0.226. The summed E-state index contributed by atoms with van der Waals surface area (Å²) in [5, 5.41) is 9.50. The van der Waals surface area contributed by atoms with E-state index < -0.39 is 5.97 Å². The standard InChI is InChI=1S/C18H24O7/c1-21-9-12-7-13(24-10-22-2)8-16(17(12)25-11-23-3)14-5-4-6-15(14)18(19)20/h7-8H,4-6,9-11H2,1-3H3,(H,19,20). The first-order valence-electron chi connectivity index (χ1n) is 7.97. The summed E-state index contributed by atoms with van der Waals surface area (Å²) in [5.41, 5.74) is 2.63. The number of benzene rings is 1. The molecule has 0 saturated heterocycles. The number of hydrogen-bond donors (Lipinski definition) is 1. The fourth-order valence-electron chi connectivity index (χ4n) is 2.92. The smallest absolute Gasteiger partial charge is 0.331 e. The van der Waals surface area contributed by atoms with Gasteiger partial charge in [0.05, 0.1) is 6.61 Å². The maximum Gasteiger partial charge on any atom is 0.331 e. The van der Waals surface area contributed by atoms with Gasteiger partial charge in [-0.05, 0) is 37.0 Å². The summed E-state index contributed by atoms with van der Waals surface area (Å²) in [7, 11) is 4.65. The molecular formula is C18H24O7. The fraction of sp³-hybridized carbons (Fsp3) is 0.500. The van der Waals surface area contributed by atoms with Gasteiger partial charge in [0.25, 0.3) is 0 Å². The number of allylic oxidation sites excluding steroid dienone is 1. The number of methoxy groups -OCH3 is 3. The van der Waals surface area contributed by atoms with E-state index in [4.69, 9.17) is 23.7 Å². The average Bonchev–Trinajstić information content (AvgIpc) is 3.08. The number of aliphatic carboxylic acids is 1. The van der Waals surface area contributed by atoms with Crippen molar-refractivity contribution in [1.82, 2.24) is 0 Å². The van der Waals surface area contributed by atoms with E-state index in [1.165, 1.54) is 14.2 Å². The van der Waals surface area contributed by atoms with Gasteiger partial charge in [0.15, 0.2) is 13.6 Å². The highest BCUT2D eigenvalue weighted by molar-refractivity contribution is 5.98. The minimum Gasteiger partial charge on any atom is -0.478 e. The van der Waals surface area contributed by atoms with Gasteiger partial charge in [-0.25, -0.2) is 4.79 Å². The number of rotatable bonds is 10. The molecule has 1 aromatic carbocycles. The Bertz CT molecular complexity index is 637. The molecule has 1 aromatic rings. The van der Waals surface area contributed by atoms with Crippen molar-refractivity contribution in [3.63, 3.8) is 0 Å². The molecule has 0 spiro atoms. The van der Waals surface area contributed by atoms with Gasteiger partial charge in [0.2, 0.25) is 0 Å². The summed E-state index contributed by atoms with van der Waals surface area (Å²) < 4.78 is 26.6. The van der Waals surface area contributed by atoms with Gasteiger partial charge in [0, 0.05) is 38.0 Å². The molecule has 0 heterocycles. The Labute approximate surface area is 147 Å². The third-order valence-corrected chi connectivity index (χ3v) is 3.90. The Morgan fingerprint density at radius 1 is 1.04 bits per heavy atom. The molecule has 0 bridgehead atoms. The van der Waals surface area contributed by atoms with Crippen LogP contribution in [0.5, 0.6) is 11.5 Å². The van der Waals surface area contributed by atoms with Crippen LogP contribution in [0.2, 0.25) is 0 Å². The second kappa shape index (κ2) is 9.41. The van der Waals surface area contributed by atoms with Crippen LogP contribution in [0, 0.1) is 0 Å². The molecule has 25 heavy (non-hydrogen) atoms. The highest BCUT2D eigenvalue weighted by atomic mass is 16.7. The molecule has 0 saturated carbocycles. The monoisotopic (exact) mass is 352 g/mol. The quantitative estimate of drug-likeness (QED) is 0.648. The van der Waals surface area contributed by atoms with E-state index >= 15 is 0 Å². The molecular weight excluding hydrogens is 328 g/mol. The van der Waals surface area contributed by atoms with Gasteiger partial charge in [-0.15, -0.1) is 0 Å². The molecule has 7 heteroatoms. The Morgan fingerprint density at radius 3 is 2.40 bits per heavy atom. The van der Waals surface area contributed by atoms with Crippen LogP contribution in [-0.4, -0.2) is 46.0 Å². The minimum atomic E-state index is -0.901. The highest BCUT2D eigenvalue weighted by Crippen LogP contribution is 2.42. The van der Waals surface area contributed by atoms with E-state index in [0.29, 0.717) is 42.1 Å². The van der Waals surface area contributed by atoms with Crippen LogP contribution in [0.15, 0.2) is 17.7 Å². The summed E-state index contributed by atoms with van der Waals surface area (Å²) in [6.07, 6.45) is 2.01. The van der Waals surface area contributed by atoms with Crippen molar-refractivity contribution >= 4 is 11.5 Å². The molecule has 0 radical (unpaired) electrons. The molecule has 138 valence electrons. The van der Waals surface area contributed by atoms with E-state index in [-0.39, 0.29) is 13.6 Å². The Morgan fingerprint density at radius 2 is 1.76 bits per heavy atom. The van der Waals surface area contributed by atoms with Gasteiger partial charge in [-0.1, -0.05) is 0 Å². The number of carbonyl (C=O) groups is 1. The van der Waals surface area contributed by atoms with E-state index in [2.05, 4.69) is 0 Å². The molecule has 0 fully saturated rings. The number of hydrogen-bond acceptors (Lipinski definition) is 6. The van der Waals surface area contributed by atoms with E-state index in [9.17, 15) is 9.90 Å². The molecule has 0 atom stereocenters. The van der Waals surface area contributed by atoms with Gasteiger partial charge in [0.1, 0.15) is 11.5 Å². The lowest BCUT2D eigenvalue weighted by Gasteiger charge is -2.19. The van der Waals surface area contributed by atoms with Crippen LogP contribution in [0.3, 0.4) is 0 Å². The lowest BCUT2D eigenvalue weighted by Crippen LogP contribution is -2.08. The number of ether oxygens (including phenoxy) is 5. The molecule has 1 N–H and O–H groups in total. The molecule has 0 aliphatic heterocycles. The normalized spacial score (nSPS) is 14.0. The molecule has 1 aliphatic carbocycles. The minimum absolute atomic E-state index is 0.0532. The fourth-order valence-corrected chi connectivity index (χ4v) is 2.92. The van der Waals surface area contributed by atoms with Crippen LogP contribution in [0.1, 0.15) is 30.4 Å². The van der Waals surface area contributed by atoms with Crippen LogP contribution in [0.4, 0.5) is 0 Å². The summed E-state index contributed by atoms with van der Waals surface area (Å²) >= 11 is 0. The van der Waals surface area contributed by atoms with Crippen LogP contribution >= 0.6 is 0 Å². The predicted molar refractivity (Wildman–Crippen MR) is 90.6 cm³/mol. The van der Waals surface area contributed by atoms with Crippen molar-refractivity contribution in [3.05, 3.63) is 28.8 Å². The van der Waals surface area contributed by atoms with Crippen LogP contribution in [0.25, 0.3) is 5.57 Å². The van der Waals surface area contributed by atoms with E-state index in [1.807, 2.05) is 0 Å². The number of carboxylic acids is 1. The van der Waals surface area contributed by atoms with Crippen LogP contribution in [-0.2, 0) is 25.6 Å². The van der Waals surface area contributed by atoms with Crippen molar-refractivity contribution in [3.8, 4) is 11.5 Å². The van der Waals surface area contributed by atoms with Gasteiger partial charge in [-0.2, -0.15) is 0 Å². The van der Waals surface area contributed by atoms with E-state index in [1.54, 1.807) is 19.2 Å². The molecule has 1 aliphatic rings. The van der Waals surface area contributed by atoms with Crippen LogP contribution < -0.4 is 9.47 Å². The summed E-state index contributed by atoms with van der Waals surface area (Å²) in [6, 6.07) is 3.58. The molecule has 0 amide bonds. The lowest BCUT2D eigenvalue weighted by atomic mass is 9.97. The van der Waals surface area contributed by atoms with Crippen molar-refractivity contribution in [2.75, 3.05) is 34.9 Å². The zero-order valence-electron chi connectivity index (χ0n) is 14.8. The SMILES string of the molecule is COCOc1cc(COC)c(OCOC)c(C2=C(C(=O)O)CCC2)c1. The molecule has 0 unspecified atom stereocenters. The first kappa shape index (κ1) is 19.2. The van der Waals surface area contributed by atoms with Gasteiger partial charge >= 0.3 is 5.97 Å². The largest absolute Gasteiger partial charge is 0.478 e. The maximum atomic E-state index is 11.6. The third-order valence-electron chi connectivity index (χ3n) is 3.90. The first-order valence-corrected chi connectivity index (χ1v) is 7.97. The van der Waals surface area contributed by atoms with Gasteiger partial charge < -0.3 is 28.8 Å². The molecule has 0 aromatic heterocycles. The van der Waals surface area contributed by atoms with Crippen molar-refractivity contribution in [2.45, 2.75) is 25.9 Å². The van der Waals surface area contributed by atoms with Crippen molar-refractivity contribution in [1.29, 1.82) is 0 Å². The maximum absolute atomic E-state index is 11.6. The Balaban J connectivity index is 2.57. The Kier molecular flexibility index (Phi) is 7.24. The average molecular weight is 352 g/mol. The van der Waals surface area contributed by atoms with Gasteiger partial charge in [-0.3, -0.25) is 0 Å². The topological polar surface area (TPSA) is 83.5 Å². The zero-order valence-corrected chi connectivity index (χ0v) is 14.8. The summed E-state index contributed by atoms with van der Waals surface area (Å²) in [4.78, 5) is 11.6.